The van der Waals surface area contributed by atoms with E-state index < -0.39 is 0 Å². The van der Waals surface area contributed by atoms with Gasteiger partial charge < -0.3 is 24.8 Å². The summed E-state index contributed by atoms with van der Waals surface area (Å²) in [4.78, 5) is 4.55. The molecule has 1 rings (SSSR count). The lowest BCUT2D eigenvalue weighted by Gasteiger charge is -2.11. The Morgan fingerprint density at radius 2 is 1.87 bits per heavy atom. The molecule has 132 valence electrons. The molecule has 23 heavy (non-hydrogen) atoms. The zero-order valence-corrected chi connectivity index (χ0v) is 16.5. The smallest absolute Gasteiger partial charge is 0.191 e. The van der Waals surface area contributed by atoms with Gasteiger partial charge in [-0.1, -0.05) is 12.1 Å². The molecule has 0 saturated heterocycles. The Morgan fingerprint density at radius 1 is 1.09 bits per heavy atom. The minimum atomic E-state index is 0. The molecule has 0 unspecified atom stereocenters. The molecule has 0 aliphatic rings. The molecule has 7 heteroatoms. The fraction of sp³-hybridized carbons (Fsp3) is 0.562. The maximum atomic E-state index is 5.60. The molecule has 0 fully saturated rings. The van der Waals surface area contributed by atoms with Gasteiger partial charge in [0.25, 0.3) is 0 Å². The van der Waals surface area contributed by atoms with Crippen molar-refractivity contribution in [2.24, 2.45) is 4.99 Å². The minimum Gasteiger partial charge on any atom is -0.491 e. The summed E-state index contributed by atoms with van der Waals surface area (Å²) in [7, 11) is 3.34. The number of hydrogen-bond donors (Lipinski definition) is 2. The first-order chi connectivity index (χ1) is 10.8. The Labute approximate surface area is 156 Å². The number of guanidine groups is 1. The van der Waals surface area contributed by atoms with Crippen LogP contribution in [0.2, 0.25) is 0 Å². The molecular formula is C16H28IN3O3. The third-order valence-corrected chi connectivity index (χ3v) is 2.82. The van der Waals surface area contributed by atoms with Crippen LogP contribution in [0.1, 0.15) is 12.5 Å². The standard InChI is InChI=1S/C16H27N3O3.HI/c1-4-17-16(18-8-9-20-2)19-13-14-6-5-7-15(12-14)22-11-10-21-3;/h5-7,12H,4,8-11,13H2,1-3H3,(H2,17,18,19);1H. The number of nitrogens with one attached hydrogen (secondary N) is 2. The highest BCUT2D eigenvalue weighted by atomic mass is 127. The molecule has 1 aromatic carbocycles. The summed E-state index contributed by atoms with van der Waals surface area (Å²) in [6.07, 6.45) is 0. The third-order valence-electron chi connectivity index (χ3n) is 2.82. The van der Waals surface area contributed by atoms with Crippen molar-refractivity contribution >= 4 is 29.9 Å². The molecule has 0 spiro atoms. The molecule has 0 saturated carbocycles. The average Bonchev–Trinajstić information content (AvgIpc) is 2.53. The molecule has 0 amide bonds. The van der Waals surface area contributed by atoms with E-state index in [9.17, 15) is 0 Å². The number of halogens is 1. The number of rotatable bonds is 10. The van der Waals surface area contributed by atoms with Gasteiger partial charge in [-0.3, -0.25) is 0 Å². The molecule has 0 aromatic heterocycles. The van der Waals surface area contributed by atoms with Gasteiger partial charge in [0.15, 0.2) is 5.96 Å². The van der Waals surface area contributed by atoms with Crippen molar-refractivity contribution in [1.82, 2.24) is 10.6 Å². The first kappa shape index (κ1) is 21.9. The van der Waals surface area contributed by atoms with Crippen LogP contribution in [0.3, 0.4) is 0 Å². The van der Waals surface area contributed by atoms with Gasteiger partial charge in [0.1, 0.15) is 12.4 Å². The van der Waals surface area contributed by atoms with Gasteiger partial charge >= 0.3 is 0 Å². The highest BCUT2D eigenvalue weighted by Gasteiger charge is 1.99. The monoisotopic (exact) mass is 437 g/mol. The van der Waals surface area contributed by atoms with E-state index in [1.54, 1.807) is 14.2 Å². The Hall–Kier alpha value is -1.06. The Kier molecular flexibility index (Phi) is 13.9. The molecule has 0 bridgehead atoms. The van der Waals surface area contributed by atoms with E-state index in [0.29, 0.717) is 26.4 Å². The number of methoxy groups -OCH3 is 2. The molecule has 0 radical (unpaired) electrons. The van der Waals surface area contributed by atoms with Gasteiger partial charge in [-0.25, -0.2) is 4.99 Å². The van der Waals surface area contributed by atoms with Crippen molar-refractivity contribution in [1.29, 1.82) is 0 Å². The lowest BCUT2D eigenvalue weighted by molar-refractivity contribution is 0.146. The number of ether oxygens (including phenoxy) is 3. The summed E-state index contributed by atoms with van der Waals surface area (Å²) in [5.41, 5.74) is 1.10. The molecular weight excluding hydrogens is 409 g/mol. The third kappa shape index (κ3) is 10.4. The van der Waals surface area contributed by atoms with Crippen molar-refractivity contribution < 1.29 is 14.2 Å². The number of benzene rings is 1. The van der Waals surface area contributed by atoms with E-state index in [1.165, 1.54) is 0 Å². The first-order valence-corrected chi connectivity index (χ1v) is 7.52. The van der Waals surface area contributed by atoms with E-state index in [4.69, 9.17) is 14.2 Å². The quantitative estimate of drug-likeness (QED) is 0.254. The van der Waals surface area contributed by atoms with Crippen LogP contribution in [0.25, 0.3) is 0 Å². The minimum absolute atomic E-state index is 0. The van der Waals surface area contributed by atoms with Gasteiger partial charge in [-0.05, 0) is 24.6 Å². The van der Waals surface area contributed by atoms with Crippen molar-refractivity contribution in [3.8, 4) is 5.75 Å². The molecule has 0 aliphatic carbocycles. The van der Waals surface area contributed by atoms with E-state index in [1.807, 2.05) is 31.2 Å². The largest absolute Gasteiger partial charge is 0.491 e. The van der Waals surface area contributed by atoms with Gasteiger partial charge in [-0.15, -0.1) is 24.0 Å². The van der Waals surface area contributed by atoms with E-state index in [0.717, 1.165) is 30.4 Å². The fourth-order valence-corrected chi connectivity index (χ4v) is 1.76. The SMILES string of the molecule is CCNC(=NCc1cccc(OCCOC)c1)NCCOC.I. The van der Waals surface area contributed by atoms with Gasteiger partial charge in [0.05, 0.1) is 19.8 Å². The molecule has 0 atom stereocenters. The summed E-state index contributed by atoms with van der Waals surface area (Å²) >= 11 is 0. The predicted molar refractivity (Wildman–Crippen MR) is 104 cm³/mol. The number of hydrogen-bond acceptors (Lipinski definition) is 4. The van der Waals surface area contributed by atoms with Crippen molar-refractivity contribution in [2.75, 3.05) is 47.1 Å². The first-order valence-electron chi connectivity index (χ1n) is 7.52. The summed E-state index contributed by atoms with van der Waals surface area (Å²) in [6, 6.07) is 7.94. The molecule has 0 heterocycles. The molecule has 6 nitrogen and oxygen atoms in total. The zero-order valence-electron chi connectivity index (χ0n) is 14.1. The van der Waals surface area contributed by atoms with Crippen molar-refractivity contribution in [3.05, 3.63) is 29.8 Å². The van der Waals surface area contributed by atoms with Gasteiger partial charge in [0, 0.05) is 27.3 Å². The van der Waals surface area contributed by atoms with Crippen LogP contribution in [0.5, 0.6) is 5.75 Å². The molecule has 1 aromatic rings. The fourth-order valence-electron chi connectivity index (χ4n) is 1.76. The molecule has 2 N–H and O–H groups in total. The van der Waals surface area contributed by atoms with Crippen LogP contribution in [-0.4, -0.2) is 53.1 Å². The lowest BCUT2D eigenvalue weighted by atomic mass is 10.2. The van der Waals surface area contributed by atoms with Crippen LogP contribution in [0, 0.1) is 0 Å². The van der Waals surface area contributed by atoms with Crippen molar-refractivity contribution in [2.45, 2.75) is 13.5 Å². The van der Waals surface area contributed by atoms with E-state index >= 15 is 0 Å². The summed E-state index contributed by atoms with van der Waals surface area (Å²) in [5.74, 6) is 1.62. The highest BCUT2D eigenvalue weighted by molar-refractivity contribution is 14.0. The Balaban J connectivity index is 0.00000484. The molecule has 0 aliphatic heterocycles. The second-order valence-corrected chi connectivity index (χ2v) is 4.60. The highest BCUT2D eigenvalue weighted by Crippen LogP contribution is 2.13. The van der Waals surface area contributed by atoms with Crippen LogP contribution >= 0.6 is 24.0 Å². The Bertz CT molecular complexity index is 444. The van der Waals surface area contributed by atoms with Crippen molar-refractivity contribution in [3.63, 3.8) is 0 Å². The summed E-state index contributed by atoms with van der Waals surface area (Å²) in [6.45, 7) is 5.94. The van der Waals surface area contributed by atoms with E-state index in [-0.39, 0.29) is 24.0 Å². The maximum absolute atomic E-state index is 5.60. The van der Waals surface area contributed by atoms with Crippen LogP contribution in [0.15, 0.2) is 29.3 Å². The second kappa shape index (κ2) is 14.5. The number of aliphatic imine (C=N–C) groups is 1. The second-order valence-electron chi connectivity index (χ2n) is 4.60. The maximum Gasteiger partial charge on any atom is 0.191 e. The van der Waals surface area contributed by atoms with Gasteiger partial charge in [0.2, 0.25) is 0 Å². The summed E-state index contributed by atoms with van der Waals surface area (Å²) in [5, 5.41) is 6.42. The average molecular weight is 437 g/mol. The zero-order chi connectivity index (χ0) is 16.0. The lowest BCUT2D eigenvalue weighted by Crippen LogP contribution is -2.38. The topological polar surface area (TPSA) is 64.1 Å². The van der Waals surface area contributed by atoms with Crippen LogP contribution in [0.4, 0.5) is 0 Å². The number of nitrogens with zero attached hydrogens (tertiary/aromatic N) is 1. The Morgan fingerprint density at radius 3 is 2.57 bits per heavy atom. The normalized spacial score (nSPS) is 10.8. The van der Waals surface area contributed by atoms with Crippen LogP contribution < -0.4 is 15.4 Å². The van der Waals surface area contributed by atoms with Gasteiger partial charge in [-0.2, -0.15) is 0 Å². The predicted octanol–water partition coefficient (Wildman–Crippen LogP) is 2.03. The van der Waals surface area contributed by atoms with E-state index in [2.05, 4.69) is 15.6 Å². The van der Waals surface area contributed by atoms with Crippen LogP contribution in [-0.2, 0) is 16.0 Å². The summed E-state index contributed by atoms with van der Waals surface area (Å²) < 4.78 is 15.6.